The normalized spacial score (nSPS) is 21.4. The lowest BCUT2D eigenvalue weighted by Gasteiger charge is -2.21. The Labute approximate surface area is 143 Å². The van der Waals surface area contributed by atoms with Crippen LogP contribution in [0.4, 0.5) is 0 Å². The van der Waals surface area contributed by atoms with Crippen LogP contribution in [0.3, 0.4) is 0 Å². The van der Waals surface area contributed by atoms with E-state index in [1.54, 1.807) is 12.1 Å². The summed E-state index contributed by atoms with van der Waals surface area (Å²) >= 11 is 0. The van der Waals surface area contributed by atoms with Crippen molar-refractivity contribution in [3.8, 4) is 0 Å². The van der Waals surface area contributed by atoms with Gasteiger partial charge in [0.2, 0.25) is 10.0 Å². The van der Waals surface area contributed by atoms with Gasteiger partial charge in [0, 0.05) is 31.4 Å². The zero-order valence-corrected chi connectivity index (χ0v) is 14.5. The monoisotopic (exact) mass is 352 g/mol. The Morgan fingerprint density at radius 3 is 2.54 bits per heavy atom. The molecule has 1 unspecified atom stereocenters. The van der Waals surface area contributed by atoms with Crippen LogP contribution >= 0.6 is 0 Å². The molecule has 7 heteroatoms. The Hall–Kier alpha value is -1.44. The Morgan fingerprint density at radius 2 is 1.92 bits per heavy atom. The molecule has 132 valence electrons. The summed E-state index contributed by atoms with van der Waals surface area (Å²) in [6.07, 6.45) is 4.96. The Bertz CT molecular complexity index is 662. The Morgan fingerprint density at radius 1 is 1.17 bits per heavy atom. The molecule has 1 aliphatic heterocycles. The van der Waals surface area contributed by atoms with Gasteiger partial charge in [-0.15, -0.1) is 0 Å². The molecule has 1 aromatic carbocycles. The number of sulfonamides is 1. The number of hydrogen-bond acceptors (Lipinski definition) is 4. The molecule has 0 bridgehead atoms. The van der Waals surface area contributed by atoms with Crippen LogP contribution in [0.1, 0.15) is 42.5 Å². The molecule has 0 spiro atoms. The van der Waals surface area contributed by atoms with Crippen molar-refractivity contribution in [2.45, 2.75) is 43.0 Å². The predicted molar refractivity (Wildman–Crippen MR) is 90.3 cm³/mol. The van der Waals surface area contributed by atoms with E-state index in [0.29, 0.717) is 24.6 Å². The van der Waals surface area contributed by atoms with Crippen molar-refractivity contribution < 1.29 is 17.9 Å². The summed E-state index contributed by atoms with van der Waals surface area (Å²) in [6, 6.07) is 6.36. The van der Waals surface area contributed by atoms with Crippen LogP contribution in [-0.2, 0) is 14.8 Å². The van der Waals surface area contributed by atoms with Gasteiger partial charge in [-0.1, -0.05) is 0 Å². The van der Waals surface area contributed by atoms with E-state index in [1.807, 2.05) is 0 Å². The smallest absolute Gasteiger partial charge is 0.251 e. The van der Waals surface area contributed by atoms with Gasteiger partial charge < -0.3 is 10.1 Å². The van der Waals surface area contributed by atoms with Crippen molar-refractivity contribution in [2.75, 3.05) is 19.8 Å². The predicted octanol–water partition coefficient (Wildman–Crippen LogP) is 1.67. The highest BCUT2D eigenvalue weighted by Gasteiger charge is 2.24. The van der Waals surface area contributed by atoms with E-state index in [4.69, 9.17) is 4.74 Å². The molecule has 1 atom stereocenters. The fraction of sp³-hybridized carbons (Fsp3) is 0.588. The van der Waals surface area contributed by atoms with Crippen molar-refractivity contribution in [1.29, 1.82) is 0 Å². The fourth-order valence-corrected chi connectivity index (χ4v) is 3.85. The highest BCUT2D eigenvalue weighted by molar-refractivity contribution is 7.89. The third-order valence-corrected chi connectivity index (χ3v) is 5.92. The zero-order valence-electron chi connectivity index (χ0n) is 13.7. The average Bonchev–Trinajstić information content (AvgIpc) is 3.40. The van der Waals surface area contributed by atoms with Crippen molar-refractivity contribution in [3.05, 3.63) is 29.8 Å². The minimum Gasteiger partial charge on any atom is -0.381 e. The van der Waals surface area contributed by atoms with E-state index < -0.39 is 10.0 Å². The highest BCUT2D eigenvalue weighted by atomic mass is 32.2. The summed E-state index contributed by atoms with van der Waals surface area (Å²) in [6.45, 7) is 1.93. The first-order chi connectivity index (χ1) is 11.5. The fourth-order valence-electron chi connectivity index (χ4n) is 2.80. The molecule has 2 fully saturated rings. The summed E-state index contributed by atoms with van der Waals surface area (Å²) < 4.78 is 32.6. The van der Waals surface area contributed by atoms with Crippen LogP contribution in [0.5, 0.6) is 0 Å². The molecule has 1 amide bonds. The molecular formula is C17H24N2O4S. The van der Waals surface area contributed by atoms with Gasteiger partial charge in [0.15, 0.2) is 0 Å². The third kappa shape index (κ3) is 4.78. The SMILES string of the molecule is O=C(NC1CC1)c1ccc(S(=O)(=O)NCCC2CCCOC2)cc1. The molecule has 0 radical (unpaired) electrons. The number of carbonyl (C=O) groups is 1. The van der Waals surface area contributed by atoms with E-state index in [1.165, 1.54) is 12.1 Å². The van der Waals surface area contributed by atoms with Crippen LogP contribution in [0.25, 0.3) is 0 Å². The van der Waals surface area contributed by atoms with E-state index in [-0.39, 0.29) is 16.8 Å². The van der Waals surface area contributed by atoms with Crippen LogP contribution in [0, 0.1) is 5.92 Å². The first-order valence-electron chi connectivity index (χ1n) is 8.53. The van der Waals surface area contributed by atoms with Gasteiger partial charge in [-0.05, 0) is 62.3 Å². The summed E-state index contributed by atoms with van der Waals surface area (Å²) in [5.41, 5.74) is 0.486. The average molecular weight is 352 g/mol. The quantitative estimate of drug-likeness (QED) is 0.782. The van der Waals surface area contributed by atoms with E-state index in [0.717, 1.165) is 38.7 Å². The van der Waals surface area contributed by atoms with Gasteiger partial charge >= 0.3 is 0 Å². The van der Waals surface area contributed by atoms with E-state index >= 15 is 0 Å². The number of nitrogens with one attached hydrogen (secondary N) is 2. The van der Waals surface area contributed by atoms with Gasteiger partial charge in [-0.25, -0.2) is 13.1 Å². The molecule has 1 aromatic rings. The number of benzene rings is 1. The zero-order chi connectivity index (χ0) is 17.0. The van der Waals surface area contributed by atoms with E-state index in [9.17, 15) is 13.2 Å². The second kappa shape index (κ2) is 7.63. The molecule has 0 aromatic heterocycles. The summed E-state index contributed by atoms with van der Waals surface area (Å²) in [5.74, 6) is 0.279. The first-order valence-corrected chi connectivity index (χ1v) is 10.0. The topological polar surface area (TPSA) is 84.5 Å². The van der Waals surface area contributed by atoms with E-state index in [2.05, 4.69) is 10.0 Å². The summed E-state index contributed by atoms with van der Waals surface area (Å²) in [5, 5.41) is 2.88. The molecule has 1 aliphatic carbocycles. The maximum absolute atomic E-state index is 12.3. The molecule has 1 saturated heterocycles. The Balaban J connectivity index is 1.52. The number of hydrogen-bond donors (Lipinski definition) is 2. The largest absolute Gasteiger partial charge is 0.381 e. The van der Waals surface area contributed by atoms with Crippen LogP contribution in [0.2, 0.25) is 0 Å². The van der Waals surface area contributed by atoms with Crippen LogP contribution in [-0.4, -0.2) is 40.1 Å². The van der Waals surface area contributed by atoms with Crippen molar-refractivity contribution in [1.82, 2.24) is 10.0 Å². The van der Waals surface area contributed by atoms with Crippen LogP contribution < -0.4 is 10.0 Å². The minimum atomic E-state index is -3.54. The van der Waals surface area contributed by atoms with Gasteiger partial charge in [-0.2, -0.15) is 0 Å². The molecule has 1 saturated carbocycles. The molecule has 2 aliphatic rings. The highest BCUT2D eigenvalue weighted by Crippen LogP contribution is 2.20. The van der Waals surface area contributed by atoms with Gasteiger partial charge in [-0.3, -0.25) is 4.79 Å². The van der Waals surface area contributed by atoms with Crippen LogP contribution in [0.15, 0.2) is 29.2 Å². The Kier molecular flexibility index (Phi) is 5.53. The molecule has 24 heavy (non-hydrogen) atoms. The number of ether oxygens (including phenoxy) is 1. The second-order valence-corrected chi connectivity index (χ2v) is 8.31. The maximum atomic E-state index is 12.3. The standard InChI is InChI=1S/C17H24N2O4S/c20-17(19-15-5-6-15)14-3-7-16(8-4-14)24(21,22)18-10-9-13-2-1-11-23-12-13/h3-4,7-8,13,15,18H,1-2,5-6,9-12H2,(H,19,20). The second-order valence-electron chi connectivity index (χ2n) is 6.54. The molecule has 6 nitrogen and oxygen atoms in total. The number of rotatable bonds is 7. The summed E-state index contributed by atoms with van der Waals surface area (Å²) in [7, 11) is -3.54. The number of amides is 1. The first kappa shape index (κ1) is 17.4. The minimum absolute atomic E-state index is 0.147. The van der Waals surface area contributed by atoms with Gasteiger partial charge in [0.25, 0.3) is 5.91 Å². The lowest BCUT2D eigenvalue weighted by Crippen LogP contribution is -2.28. The number of carbonyl (C=O) groups excluding carboxylic acids is 1. The van der Waals surface area contributed by atoms with Crippen molar-refractivity contribution >= 4 is 15.9 Å². The van der Waals surface area contributed by atoms with Gasteiger partial charge in [0.1, 0.15) is 0 Å². The third-order valence-electron chi connectivity index (χ3n) is 4.44. The molecule has 1 heterocycles. The van der Waals surface area contributed by atoms with Crippen molar-refractivity contribution in [3.63, 3.8) is 0 Å². The lowest BCUT2D eigenvalue weighted by atomic mass is 9.99. The molecular weight excluding hydrogens is 328 g/mol. The molecule has 3 rings (SSSR count). The maximum Gasteiger partial charge on any atom is 0.251 e. The van der Waals surface area contributed by atoms with Crippen molar-refractivity contribution in [2.24, 2.45) is 5.92 Å². The van der Waals surface area contributed by atoms with Gasteiger partial charge in [0.05, 0.1) is 4.90 Å². The molecule has 2 N–H and O–H groups in total. The summed E-state index contributed by atoms with van der Waals surface area (Å²) in [4.78, 5) is 12.1. The lowest BCUT2D eigenvalue weighted by molar-refractivity contribution is 0.0523.